The molecule has 0 aliphatic heterocycles. The molecule has 0 saturated carbocycles. The van der Waals surface area contributed by atoms with Gasteiger partial charge in [-0.1, -0.05) is 70.5 Å². The summed E-state index contributed by atoms with van der Waals surface area (Å²) >= 11 is 3.50. The van der Waals surface area contributed by atoms with Crippen molar-refractivity contribution in [2.75, 3.05) is 6.54 Å². The lowest BCUT2D eigenvalue weighted by molar-refractivity contribution is -0.116. The zero-order chi connectivity index (χ0) is 21.5. The number of halogens is 1. The minimum atomic E-state index is -0.0766. The second-order valence-corrected chi connectivity index (χ2v) is 8.28. The molecule has 0 unspecified atom stereocenters. The van der Waals surface area contributed by atoms with Gasteiger partial charge >= 0.3 is 0 Å². The molecule has 31 heavy (non-hydrogen) atoms. The van der Waals surface area contributed by atoms with E-state index in [9.17, 15) is 4.79 Å². The van der Waals surface area contributed by atoms with Gasteiger partial charge in [-0.25, -0.2) is 4.98 Å². The Morgan fingerprint density at radius 1 is 0.968 bits per heavy atom. The average Bonchev–Trinajstić information content (AvgIpc) is 3.15. The van der Waals surface area contributed by atoms with Crippen molar-refractivity contribution in [3.05, 3.63) is 106 Å². The molecule has 0 bridgehead atoms. The van der Waals surface area contributed by atoms with Crippen LogP contribution < -0.4 is 5.32 Å². The molecule has 0 spiro atoms. The highest BCUT2D eigenvalue weighted by Crippen LogP contribution is 2.20. The van der Waals surface area contributed by atoms with Crippen LogP contribution in [0.5, 0.6) is 0 Å². The normalized spacial score (nSPS) is 11.3. The van der Waals surface area contributed by atoms with E-state index in [-0.39, 0.29) is 5.91 Å². The third-order valence-electron chi connectivity index (χ3n) is 5.09. The molecule has 0 fully saturated rings. The summed E-state index contributed by atoms with van der Waals surface area (Å²) in [6.45, 7) is 1.38. The van der Waals surface area contributed by atoms with Crippen molar-refractivity contribution in [3.63, 3.8) is 0 Å². The topological polar surface area (TPSA) is 46.9 Å². The van der Waals surface area contributed by atoms with E-state index in [1.165, 1.54) is 5.56 Å². The number of carbonyl (C=O) groups is 1. The second kappa shape index (κ2) is 10.2. The Kier molecular flexibility index (Phi) is 6.95. The maximum absolute atomic E-state index is 12.1. The third kappa shape index (κ3) is 5.70. The molecule has 1 amide bonds. The summed E-state index contributed by atoms with van der Waals surface area (Å²) in [7, 11) is 0. The van der Waals surface area contributed by atoms with Crippen molar-refractivity contribution in [2.24, 2.45) is 0 Å². The van der Waals surface area contributed by atoms with Crippen LogP contribution >= 0.6 is 15.9 Å². The number of fused-ring (bicyclic) bond motifs is 1. The minimum absolute atomic E-state index is 0.0766. The third-order valence-corrected chi connectivity index (χ3v) is 5.62. The number of aryl methyl sites for hydroxylation is 1. The molecule has 0 aliphatic rings. The SMILES string of the molecule is O=C(/C=C\c1ccccc1)NCCCc1nc2ccccc2n1Cc1ccc(Br)cc1. The first-order valence-corrected chi connectivity index (χ1v) is 11.2. The van der Waals surface area contributed by atoms with Gasteiger partial charge in [-0.05, 0) is 47.9 Å². The highest BCUT2D eigenvalue weighted by molar-refractivity contribution is 9.10. The van der Waals surface area contributed by atoms with E-state index in [1.54, 1.807) is 6.08 Å². The first kappa shape index (κ1) is 21.1. The van der Waals surface area contributed by atoms with Gasteiger partial charge in [0, 0.05) is 30.1 Å². The smallest absolute Gasteiger partial charge is 0.243 e. The molecule has 4 nitrogen and oxygen atoms in total. The summed E-state index contributed by atoms with van der Waals surface area (Å²) < 4.78 is 3.35. The Labute approximate surface area is 190 Å². The average molecular weight is 474 g/mol. The van der Waals surface area contributed by atoms with E-state index in [0.29, 0.717) is 6.54 Å². The van der Waals surface area contributed by atoms with Crippen molar-refractivity contribution in [1.29, 1.82) is 0 Å². The fraction of sp³-hybridized carbons (Fsp3) is 0.154. The molecule has 0 radical (unpaired) electrons. The van der Waals surface area contributed by atoms with Crippen LogP contribution in [0.1, 0.15) is 23.4 Å². The van der Waals surface area contributed by atoms with Gasteiger partial charge in [-0.15, -0.1) is 0 Å². The zero-order valence-electron chi connectivity index (χ0n) is 17.2. The van der Waals surface area contributed by atoms with Gasteiger partial charge in [0.1, 0.15) is 5.82 Å². The van der Waals surface area contributed by atoms with E-state index in [2.05, 4.69) is 56.1 Å². The van der Waals surface area contributed by atoms with Crippen LogP contribution in [0.3, 0.4) is 0 Å². The lowest BCUT2D eigenvalue weighted by Crippen LogP contribution is -2.22. The van der Waals surface area contributed by atoms with E-state index in [1.807, 2.05) is 54.6 Å². The van der Waals surface area contributed by atoms with Crippen LogP contribution in [0.4, 0.5) is 0 Å². The summed E-state index contributed by atoms with van der Waals surface area (Å²) in [5.74, 6) is 0.963. The maximum Gasteiger partial charge on any atom is 0.243 e. The van der Waals surface area contributed by atoms with E-state index < -0.39 is 0 Å². The number of carbonyl (C=O) groups excluding carboxylic acids is 1. The molecule has 3 aromatic carbocycles. The molecule has 1 aromatic heterocycles. The quantitative estimate of drug-likeness (QED) is 0.267. The highest BCUT2D eigenvalue weighted by Gasteiger charge is 2.11. The van der Waals surface area contributed by atoms with Crippen molar-refractivity contribution >= 4 is 38.9 Å². The van der Waals surface area contributed by atoms with Crippen LogP contribution in [-0.4, -0.2) is 22.0 Å². The number of benzene rings is 3. The summed E-state index contributed by atoms with van der Waals surface area (Å²) in [4.78, 5) is 16.9. The highest BCUT2D eigenvalue weighted by atomic mass is 79.9. The number of para-hydroxylation sites is 2. The summed E-state index contributed by atoms with van der Waals surface area (Å²) in [5, 5.41) is 2.96. The van der Waals surface area contributed by atoms with E-state index >= 15 is 0 Å². The van der Waals surface area contributed by atoms with Gasteiger partial charge in [0.05, 0.1) is 11.0 Å². The molecule has 1 heterocycles. The van der Waals surface area contributed by atoms with E-state index in [0.717, 1.165) is 46.3 Å². The van der Waals surface area contributed by atoms with Gasteiger partial charge in [0.15, 0.2) is 0 Å². The van der Waals surface area contributed by atoms with Gasteiger partial charge in [-0.3, -0.25) is 4.79 Å². The molecule has 4 rings (SSSR count). The Bertz CT molecular complexity index is 1180. The second-order valence-electron chi connectivity index (χ2n) is 7.37. The van der Waals surface area contributed by atoms with E-state index in [4.69, 9.17) is 4.98 Å². The first-order valence-electron chi connectivity index (χ1n) is 10.4. The number of hydrogen-bond acceptors (Lipinski definition) is 2. The molecular formula is C26H24BrN3O. The lowest BCUT2D eigenvalue weighted by Gasteiger charge is -2.10. The Morgan fingerprint density at radius 3 is 2.52 bits per heavy atom. The van der Waals surface area contributed by atoms with Gasteiger partial charge in [0.2, 0.25) is 5.91 Å². The maximum atomic E-state index is 12.1. The van der Waals surface area contributed by atoms with Crippen molar-refractivity contribution in [2.45, 2.75) is 19.4 Å². The molecular weight excluding hydrogens is 450 g/mol. The summed E-state index contributed by atoms with van der Waals surface area (Å²) in [6.07, 6.45) is 5.04. The number of imidazole rings is 1. The molecule has 0 aliphatic carbocycles. The Balaban J connectivity index is 1.38. The molecule has 1 N–H and O–H groups in total. The Hall–Kier alpha value is -3.18. The zero-order valence-corrected chi connectivity index (χ0v) is 18.8. The van der Waals surface area contributed by atoms with Gasteiger partial charge in [0.25, 0.3) is 0 Å². The molecule has 0 atom stereocenters. The van der Waals surface area contributed by atoms with Gasteiger partial charge in [-0.2, -0.15) is 0 Å². The monoisotopic (exact) mass is 473 g/mol. The van der Waals surface area contributed by atoms with Gasteiger partial charge < -0.3 is 9.88 Å². The predicted molar refractivity (Wildman–Crippen MR) is 130 cm³/mol. The number of nitrogens with zero attached hydrogens (tertiary/aromatic N) is 2. The van der Waals surface area contributed by atoms with Crippen molar-refractivity contribution in [3.8, 4) is 0 Å². The largest absolute Gasteiger partial charge is 0.353 e. The van der Waals surface area contributed by atoms with Crippen LogP contribution in [0, 0.1) is 0 Å². The fourth-order valence-electron chi connectivity index (χ4n) is 3.52. The minimum Gasteiger partial charge on any atom is -0.353 e. The molecule has 5 heteroatoms. The number of hydrogen-bond donors (Lipinski definition) is 1. The number of rotatable bonds is 8. The predicted octanol–water partition coefficient (Wildman–Crippen LogP) is 5.61. The number of nitrogens with one attached hydrogen (secondary N) is 1. The summed E-state index contributed by atoms with van der Waals surface area (Å²) in [6, 6.07) is 26.4. The molecule has 4 aromatic rings. The summed E-state index contributed by atoms with van der Waals surface area (Å²) in [5.41, 5.74) is 4.38. The lowest BCUT2D eigenvalue weighted by atomic mass is 10.2. The molecule has 156 valence electrons. The number of aromatic nitrogens is 2. The molecule has 0 saturated heterocycles. The standard InChI is InChI=1S/C26H24BrN3O/c27-22-15-12-21(13-16-22)19-30-24-10-5-4-9-23(24)29-25(30)11-6-18-28-26(31)17-14-20-7-2-1-3-8-20/h1-5,7-10,12-17H,6,11,18-19H2,(H,28,31)/b17-14-. The van der Waals surface area contributed by atoms with Crippen LogP contribution in [0.2, 0.25) is 0 Å². The van der Waals surface area contributed by atoms with Crippen molar-refractivity contribution in [1.82, 2.24) is 14.9 Å². The number of amides is 1. The first-order chi connectivity index (χ1) is 15.2. The Morgan fingerprint density at radius 2 is 1.71 bits per heavy atom. The fourth-order valence-corrected chi connectivity index (χ4v) is 3.78. The van der Waals surface area contributed by atoms with Crippen LogP contribution in [-0.2, 0) is 17.8 Å². The van der Waals surface area contributed by atoms with Crippen molar-refractivity contribution < 1.29 is 4.79 Å². The van der Waals surface area contributed by atoms with Crippen LogP contribution in [0.15, 0.2) is 89.4 Å². The van der Waals surface area contributed by atoms with Crippen LogP contribution in [0.25, 0.3) is 17.1 Å².